The Morgan fingerprint density at radius 2 is 1.00 bits per heavy atom. The van der Waals surface area contributed by atoms with E-state index in [1.165, 1.54) is 0 Å². The molecule has 0 heterocycles. The summed E-state index contributed by atoms with van der Waals surface area (Å²) >= 11 is 0. The van der Waals surface area contributed by atoms with E-state index in [-0.39, 0.29) is 58.8 Å². The summed E-state index contributed by atoms with van der Waals surface area (Å²) in [6, 6.07) is 0. The van der Waals surface area contributed by atoms with Crippen LogP contribution in [0.25, 0.3) is 0 Å². The van der Waals surface area contributed by atoms with Crippen LogP contribution in [0, 0.1) is 0 Å². The van der Waals surface area contributed by atoms with Crippen molar-refractivity contribution in [3.05, 3.63) is 0 Å². The van der Waals surface area contributed by atoms with E-state index in [1.807, 2.05) is 0 Å². The molecule has 0 aromatic rings. The second-order valence-electron chi connectivity index (χ2n) is 0. The van der Waals surface area contributed by atoms with Gasteiger partial charge in [-0.1, -0.05) is 0 Å². The van der Waals surface area contributed by atoms with Gasteiger partial charge in [0.1, 0.15) is 0 Å². The predicted octanol–water partition coefficient (Wildman–Crippen LogP) is -0.388. The van der Waals surface area contributed by atoms with E-state index in [0.29, 0.717) is 0 Å². The molecule has 0 aromatic heterocycles. The average Bonchev–Trinajstić information content (AvgIpc) is 0. The van der Waals surface area contributed by atoms with E-state index in [1.54, 1.807) is 0 Å². The van der Waals surface area contributed by atoms with Crippen LogP contribution >= 0.6 is 0 Å². The molecule has 0 atom stereocenters. The fourth-order valence-corrected chi connectivity index (χ4v) is 0. The third kappa shape index (κ3) is 9.54. The van der Waals surface area contributed by atoms with E-state index in [9.17, 15) is 0 Å². The number of hydrogen-bond acceptors (Lipinski definition) is 0. The number of rotatable bonds is 0. The summed E-state index contributed by atoms with van der Waals surface area (Å²) in [7, 11) is 0. The van der Waals surface area contributed by atoms with Gasteiger partial charge in [0.2, 0.25) is 0 Å². The molecular weight excluding hydrogens is 192 g/mol. The summed E-state index contributed by atoms with van der Waals surface area (Å²) < 4.78 is 0. The molecule has 0 nitrogen and oxygen atoms in total. The molecular formula is BCoCuNi. The molecule has 4 heteroatoms. The van der Waals surface area contributed by atoms with Crippen LogP contribution in [0.5, 0.6) is 0 Å². The van der Waals surface area contributed by atoms with Gasteiger partial charge in [-0.2, -0.15) is 0 Å². The van der Waals surface area contributed by atoms with Gasteiger partial charge in [-0.15, -0.1) is 0 Å². The van der Waals surface area contributed by atoms with Gasteiger partial charge in [0, 0.05) is 58.8 Å². The minimum absolute atomic E-state index is 0. The molecule has 0 saturated carbocycles. The summed E-state index contributed by atoms with van der Waals surface area (Å²) in [5.74, 6) is 0. The van der Waals surface area contributed by atoms with E-state index in [2.05, 4.69) is 0 Å². The first-order valence-electron chi connectivity index (χ1n) is 0. The van der Waals surface area contributed by atoms with Gasteiger partial charge >= 0.3 is 0 Å². The van der Waals surface area contributed by atoms with Crippen molar-refractivity contribution in [1.82, 2.24) is 0 Å². The molecule has 0 amide bonds. The van der Waals surface area contributed by atoms with Crippen molar-refractivity contribution in [2.75, 3.05) is 0 Å². The third-order valence-electron chi connectivity index (χ3n) is 0. The van der Waals surface area contributed by atoms with Crippen LogP contribution in [-0.2, 0) is 50.3 Å². The van der Waals surface area contributed by atoms with Crippen LogP contribution < -0.4 is 0 Å². The van der Waals surface area contributed by atoms with Crippen LogP contribution in [0.3, 0.4) is 0 Å². The Morgan fingerprint density at radius 3 is 1.00 bits per heavy atom. The van der Waals surface area contributed by atoms with E-state index >= 15 is 0 Å². The van der Waals surface area contributed by atoms with Crippen molar-refractivity contribution in [3.8, 4) is 0 Å². The zero-order valence-electron chi connectivity index (χ0n) is 1.53. The van der Waals surface area contributed by atoms with Crippen molar-refractivity contribution in [3.63, 3.8) is 0 Å². The SMILES string of the molecule is [B].[Co].[Cu].[Ni]. The first-order chi connectivity index (χ1) is 0. The van der Waals surface area contributed by atoms with Crippen molar-refractivity contribution >= 4 is 8.41 Å². The van der Waals surface area contributed by atoms with Crippen LogP contribution in [0.15, 0.2) is 0 Å². The van der Waals surface area contributed by atoms with Crippen LogP contribution in [-0.4, -0.2) is 8.41 Å². The van der Waals surface area contributed by atoms with Gasteiger partial charge in [0.05, 0.1) is 0 Å². The second kappa shape index (κ2) is 23.5. The van der Waals surface area contributed by atoms with Crippen molar-refractivity contribution in [1.29, 1.82) is 0 Å². The molecule has 0 aliphatic heterocycles. The van der Waals surface area contributed by atoms with Crippen LogP contribution in [0.1, 0.15) is 0 Å². The predicted molar refractivity (Wildman–Crippen MR) is 5.75 cm³/mol. The molecule has 4 heavy (non-hydrogen) atoms. The zero-order valence-corrected chi connectivity index (χ0v) is 4.50. The second-order valence-corrected chi connectivity index (χ2v) is 0. The van der Waals surface area contributed by atoms with Gasteiger partial charge in [-0.25, -0.2) is 0 Å². The van der Waals surface area contributed by atoms with Crippen molar-refractivity contribution in [2.45, 2.75) is 0 Å². The molecule has 0 aliphatic rings. The molecule has 0 aliphatic carbocycles. The minimum Gasteiger partial charge on any atom is 0 e. The Balaban J connectivity index is 0. The van der Waals surface area contributed by atoms with Gasteiger partial charge < -0.3 is 0 Å². The Labute approximate surface area is 58.7 Å². The Bertz CT molecular complexity index is 8.00. The smallest absolute Gasteiger partial charge is 0 e. The van der Waals surface area contributed by atoms with Gasteiger partial charge in [-0.3, -0.25) is 0 Å². The minimum atomic E-state index is 0. The Hall–Kier alpha value is 1.58. The van der Waals surface area contributed by atoms with E-state index in [0.717, 1.165) is 0 Å². The molecule has 0 unspecified atom stereocenters. The summed E-state index contributed by atoms with van der Waals surface area (Å²) in [5.41, 5.74) is 0. The molecule has 0 aromatic carbocycles. The quantitative estimate of drug-likeness (QED) is 0.458. The topological polar surface area (TPSA) is 0 Å². The number of hydrogen-bond donors (Lipinski definition) is 0. The molecule has 0 fully saturated rings. The molecule has 0 bridgehead atoms. The molecule has 0 saturated heterocycles. The summed E-state index contributed by atoms with van der Waals surface area (Å²) in [4.78, 5) is 0. The summed E-state index contributed by atoms with van der Waals surface area (Å²) in [5, 5.41) is 0. The first kappa shape index (κ1) is 46.8. The fraction of sp³-hybridized carbons (Fsp3) is 0. The largest absolute Gasteiger partial charge is 0 e. The van der Waals surface area contributed by atoms with Gasteiger partial charge in [-0.05, 0) is 0 Å². The fourth-order valence-electron chi connectivity index (χ4n) is 0. The zero-order chi connectivity index (χ0) is 0. The standard InChI is InChI=1S/B.Co.Cu.Ni. The van der Waals surface area contributed by atoms with E-state index < -0.39 is 0 Å². The Morgan fingerprint density at radius 1 is 1.00 bits per heavy atom. The normalized spacial score (nSPS) is 0. The summed E-state index contributed by atoms with van der Waals surface area (Å²) in [6.07, 6.45) is 0. The molecule has 5 radical (unpaired) electrons. The maximum absolute atomic E-state index is 0. The average molecular weight is 192 g/mol. The Kier molecular flexibility index (Phi) is 274. The third-order valence-corrected chi connectivity index (χ3v) is 0. The maximum Gasteiger partial charge on any atom is 0 e. The monoisotopic (exact) mass is 191 g/mol. The molecule has 0 spiro atoms. The maximum atomic E-state index is 0. The van der Waals surface area contributed by atoms with Crippen molar-refractivity contribution in [2.24, 2.45) is 0 Å². The summed E-state index contributed by atoms with van der Waals surface area (Å²) in [6.45, 7) is 0. The molecule has 0 N–H and O–H groups in total. The molecule has 0 rings (SSSR count). The van der Waals surface area contributed by atoms with E-state index in [4.69, 9.17) is 0 Å². The van der Waals surface area contributed by atoms with Gasteiger partial charge in [0.15, 0.2) is 0 Å². The van der Waals surface area contributed by atoms with Crippen molar-refractivity contribution < 1.29 is 50.3 Å². The van der Waals surface area contributed by atoms with Crippen LogP contribution in [0.4, 0.5) is 0 Å². The van der Waals surface area contributed by atoms with Gasteiger partial charge in [0.25, 0.3) is 0 Å². The van der Waals surface area contributed by atoms with Crippen LogP contribution in [0.2, 0.25) is 0 Å². The molecule has 33 valence electrons. The first-order valence-corrected chi connectivity index (χ1v) is 0.